The Hall–Kier alpha value is -1.48. The van der Waals surface area contributed by atoms with E-state index in [4.69, 9.17) is 4.74 Å². The number of ether oxygens (including phenoxy) is 1. The summed E-state index contributed by atoms with van der Waals surface area (Å²) in [5, 5.41) is 2.98. The Balaban J connectivity index is 1.52. The second-order valence-corrected chi connectivity index (χ2v) is 9.37. The van der Waals surface area contributed by atoms with E-state index in [0.717, 1.165) is 51.3 Å². The molecule has 3 rings (SSSR count). The average Bonchev–Trinajstić information content (AvgIpc) is 2.67. The molecule has 0 aromatic heterocycles. The van der Waals surface area contributed by atoms with Gasteiger partial charge >= 0.3 is 0 Å². The van der Waals surface area contributed by atoms with E-state index in [9.17, 15) is 13.2 Å². The van der Waals surface area contributed by atoms with E-state index in [-0.39, 0.29) is 18.4 Å². The fourth-order valence-electron chi connectivity index (χ4n) is 3.65. The van der Waals surface area contributed by atoms with E-state index in [0.29, 0.717) is 13.1 Å². The third-order valence-corrected chi connectivity index (χ3v) is 6.46. The summed E-state index contributed by atoms with van der Waals surface area (Å²) < 4.78 is 30.2. The molecule has 2 aliphatic heterocycles. The maximum Gasteiger partial charge on any atom is 0.224 e. The van der Waals surface area contributed by atoms with Crippen molar-refractivity contribution in [3.05, 3.63) is 35.4 Å². The minimum atomic E-state index is -3.24. The third kappa shape index (κ3) is 6.00. The molecule has 0 bridgehead atoms. The van der Waals surface area contributed by atoms with Crippen LogP contribution in [0.5, 0.6) is 0 Å². The number of hydrogen-bond donors (Lipinski definition) is 1. The fourth-order valence-corrected chi connectivity index (χ4v) is 4.56. The molecule has 0 saturated carbocycles. The molecule has 2 fully saturated rings. The first-order chi connectivity index (χ1) is 12.9. The number of sulfonamides is 1. The topological polar surface area (TPSA) is 79.0 Å². The van der Waals surface area contributed by atoms with Crippen LogP contribution in [-0.4, -0.2) is 69.2 Å². The summed E-state index contributed by atoms with van der Waals surface area (Å²) in [6.45, 7) is 5.58. The van der Waals surface area contributed by atoms with Gasteiger partial charge in [0, 0.05) is 39.3 Å². The van der Waals surface area contributed by atoms with E-state index in [1.165, 1.54) is 16.1 Å². The first-order valence-electron chi connectivity index (χ1n) is 9.52. The van der Waals surface area contributed by atoms with Crippen molar-refractivity contribution in [2.24, 2.45) is 5.92 Å². The Kier molecular flexibility index (Phi) is 6.86. The summed E-state index contributed by atoms with van der Waals surface area (Å²) in [6, 6.07) is 8.25. The Morgan fingerprint density at radius 2 is 1.96 bits per heavy atom. The van der Waals surface area contributed by atoms with Crippen molar-refractivity contribution < 1.29 is 17.9 Å². The summed E-state index contributed by atoms with van der Waals surface area (Å²) in [7, 11) is -3.24. The van der Waals surface area contributed by atoms with Crippen LogP contribution in [0, 0.1) is 5.92 Å². The molecule has 27 heavy (non-hydrogen) atoms. The first-order valence-corrected chi connectivity index (χ1v) is 11.4. The van der Waals surface area contributed by atoms with Gasteiger partial charge in [-0.1, -0.05) is 24.3 Å². The van der Waals surface area contributed by atoms with E-state index in [1.807, 2.05) is 12.1 Å². The molecule has 150 valence electrons. The molecule has 1 amide bonds. The predicted molar refractivity (Wildman–Crippen MR) is 104 cm³/mol. The van der Waals surface area contributed by atoms with Gasteiger partial charge in [-0.2, -0.15) is 0 Å². The number of nitrogens with zero attached hydrogens (tertiary/aromatic N) is 2. The van der Waals surface area contributed by atoms with Crippen LogP contribution in [0.1, 0.15) is 24.0 Å². The van der Waals surface area contributed by atoms with Crippen LogP contribution in [0.15, 0.2) is 24.3 Å². The lowest BCUT2D eigenvalue weighted by Gasteiger charge is -2.30. The van der Waals surface area contributed by atoms with Gasteiger partial charge in [-0.3, -0.25) is 9.69 Å². The number of hydrogen-bond acceptors (Lipinski definition) is 5. The van der Waals surface area contributed by atoms with E-state index in [2.05, 4.69) is 22.3 Å². The molecule has 2 heterocycles. The molecule has 1 aromatic carbocycles. The summed E-state index contributed by atoms with van der Waals surface area (Å²) in [4.78, 5) is 14.9. The molecule has 1 N–H and O–H groups in total. The number of carbonyl (C=O) groups is 1. The summed E-state index contributed by atoms with van der Waals surface area (Å²) in [5.41, 5.74) is 2.29. The highest BCUT2D eigenvalue weighted by Gasteiger charge is 2.29. The number of benzene rings is 1. The fraction of sp³-hybridized carbons (Fsp3) is 0.632. The van der Waals surface area contributed by atoms with E-state index >= 15 is 0 Å². The number of morpholine rings is 1. The van der Waals surface area contributed by atoms with Crippen LogP contribution >= 0.6 is 0 Å². The monoisotopic (exact) mass is 395 g/mol. The van der Waals surface area contributed by atoms with Crippen molar-refractivity contribution in [3.8, 4) is 0 Å². The molecule has 1 unspecified atom stereocenters. The SMILES string of the molecule is CS(=O)(=O)N1CCCC(C(=O)NCc2cccc(CN3CCOCC3)c2)C1. The zero-order valence-corrected chi connectivity index (χ0v) is 16.7. The molecule has 7 nitrogen and oxygen atoms in total. The number of piperidine rings is 1. The van der Waals surface area contributed by atoms with Crippen LogP contribution in [-0.2, 0) is 32.6 Å². The van der Waals surface area contributed by atoms with Gasteiger partial charge in [-0.05, 0) is 24.0 Å². The van der Waals surface area contributed by atoms with Gasteiger partial charge < -0.3 is 10.1 Å². The largest absolute Gasteiger partial charge is 0.379 e. The third-order valence-electron chi connectivity index (χ3n) is 5.19. The van der Waals surface area contributed by atoms with Gasteiger partial charge in [0.1, 0.15) is 0 Å². The average molecular weight is 396 g/mol. The molecule has 0 spiro atoms. The van der Waals surface area contributed by atoms with Crippen LogP contribution < -0.4 is 5.32 Å². The molecular formula is C19H29N3O4S. The number of carbonyl (C=O) groups excluding carboxylic acids is 1. The van der Waals surface area contributed by atoms with E-state index in [1.54, 1.807) is 0 Å². The molecule has 0 aliphatic carbocycles. The molecule has 2 saturated heterocycles. The van der Waals surface area contributed by atoms with Crippen LogP contribution in [0.25, 0.3) is 0 Å². The predicted octanol–water partition coefficient (Wildman–Crippen LogP) is 0.807. The summed E-state index contributed by atoms with van der Waals surface area (Å²) in [5.74, 6) is -0.341. The Labute approximate surface area is 161 Å². The lowest BCUT2D eigenvalue weighted by molar-refractivity contribution is -0.126. The maximum absolute atomic E-state index is 12.5. The van der Waals surface area contributed by atoms with Gasteiger partial charge in [0.15, 0.2) is 0 Å². The number of amides is 1. The van der Waals surface area contributed by atoms with Gasteiger partial charge in [0.25, 0.3) is 0 Å². The van der Waals surface area contributed by atoms with Crippen LogP contribution in [0.3, 0.4) is 0 Å². The summed E-state index contributed by atoms with van der Waals surface area (Å²) in [6.07, 6.45) is 2.66. The van der Waals surface area contributed by atoms with Crippen molar-refractivity contribution in [3.63, 3.8) is 0 Å². The normalized spacial score (nSPS) is 22.5. The highest BCUT2D eigenvalue weighted by Crippen LogP contribution is 2.19. The van der Waals surface area contributed by atoms with Gasteiger partial charge in [0.05, 0.1) is 25.4 Å². The zero-order valence-electron chi connectivity index (χ0n) is 15.9. The Morgan fingerprint density at radius 3 is 2.70 bits per heavy atom. The lowest BCUT2D eigenvalue weighted by Crippen LogP contribution is -2.44. The maximum atomic E-state index is 12.5. The molecular weight excluding hydrogens is 366 g/mol. The molecule has 8 heteroatoms. The molecule has 2 aliphatic rings. The van der Waals surface area contributed by atoms with Crippen molar-refractivity contribution in [1.82, 2.24) is 14.5 Å². The van der Waals surface area contributed by atoms with Crippen LogP contribution in [0.4, 0.5) is 0 Å². The van der Waals surface area contributed by atoms with E-state index < -0.39 is 10.0 Å². The summed E-state index contributed by atoms with van der Waals surface area (Å²) >= 11 is 0. The molecule has 0 radical (unpaired) electrons. The second-order valence-electron chi connectivity index (χ2n) is 7.39. The van der Waals surface area contributed by atoms with Gasteiger partial charge in [0.2, 0.25) is 15.9 Å². The second kappa shape index (κ2) is 9.14. The zero-order chi connectivity index (χ0) is 19.3. The van der Waals surface area contributed by atoms with Gasteiger partial charge in [-0.15, -0.1) is 0 Å². The smallest absolute Gasteiger partial charge is 0.224 e. The van der Waals surface area contributed by atoms with Crippen LogP contribution in [0.2, 0.25) is 0 Å². The quantitative estimate of drug-likeness (QED) is 0.771. The minimum Gasteiger partial charge on any atom is -0.379 e. The standard InChI is InChI=1S/C19H29N3O4S/c1-27(24,25)22-7-3-6-18(15-22)19(23)20-13-16-4-2-5-17(12-16)14-21-8-10-26-11-9-21/h2,4-5,12,18H,3,6-11,13-15H2,1H3,(H,20,23). The highest BCUT2D eigenvalue weighted by molar-refractivity contribution is 7.88. The Bertz CT molecular complexity index is 747. The molecule has 1 atom stereocenters. The van der Waals surface area contributed by atoms with Crippen molar-refractivity contribution in [1.29, 1.82) is 0 Å². The van der Waals surface area contributed by atoms with Crippen molar-refractivity contribution >= 4 is 15.9 Å². The molecule has 1 aromatic rings. The number of rotatable bonds is 6. The van der Waals surface area contributed by atoms with Crippen molar-refractivity contribution in [2.75, 3.05) is 45.6 Å². The highest BCUT2D eigenvalue weighted by atomic mass is 32.2. The first kappa shape index (κ1) is 20.3. The Morgan fingerprint density at radius 1 is 1.22 bits per heavy atom. The number of nitrogens with one attached hydrogen (secondary N) is 1. The van der Waals surface area contributed by atoms with Crippen molar-refractivity contribution in [2.45, 2.75) is 25.9 Å². The van der Waals surface area contributed by atoms with Gasteiger partial charge in [-0.25, -0.2) is 12.7 Å². The lowest BCUT2D eigenvalue weighted by atomic mass is 9.98. The minimum absolute atomic E-state index is 0.0677.